The molecular formula is C31H31F2N5O6. The molecule has 44 heavy (non-hydrogen) atoms. The van der Waals surface area contributed by atoms with Crippen LogP contribution in [0.1, 0.15) is 34.8 Å². The van der Waals surface area contributed by atoms with Gasteiger partial charge < -0.3 is 34.3 Å². The molecule has 0 spiro atoms. The second-order valence-electron chi connectivity index (χ2n) is 9.99. The molecule has 1 amide bonds. The van der Waals surface area contributed by atoms with E-state index in [9.17, 15) is 9.90 Å². The predicted molar refractivity (Wildman–Crippen MR) is 157 cm³/mol. The highest BCUT2D eigenvalue weighted by molar-refractivity contribution is 5.96. The standard InChI is InChI=1S/C31H31F2N5O6/c1-41-17-19-15-35-30(34-14-18-5-7-21(42-2)8-6-18)26-23(36-38(29(19)26)20-11-12-37(16-20)31(39)40)10-9-22-27(32)24(43-3)13-25(44-4)28(22)33/h5-8,13,15,20H,11-12,14,16-17H2,1-4H3,(H,34,35)(H,39,40). The fraction of sp³-hybridized carbons (Fsp3) is 0.323. The summed E-state index contributed by atoms with van der Waals surface area (Å²) < 4.78 is 52.9. The van der Waals surface area contributed by atoms with E-state index in [-0.39, 0.29) is 36.4 Å². The fourth-order valence-corrected chi connectivity index (χ4v) is 5.14. The minimum absolute atomic E-state index is 0.187. The van der Waals surface area contributed by atoms with Gasteiger partial charge in [-0.05, 0) is 30.0 Å². The molecule has 1 fully saturated rings. The molecular weight excluding hydrogens is 576 g/mol. The monoisotopic (exact) mass is 607 g/mol. The first-order valence-corrected chi connectivity index (χ1v) is 13.6. The molecule has 4 aromatic rings. The van der Waals surface area contributed by atoms with E-state index in [0.717, 1.165) is 17.4 Å². The summed E-state index contributed by atoms with van der Waals surface area (Å²) in [7, 11) is 5.66. The molecule has 13 heteroatoms. The van der Waals surface area contributed by atoms with E-state index in [1.807, 2.05) is 24.3 Å². The highest BCUT2D eigenvalue weighted by Gasteiger charge is 2.31. The maximum atomic E-state index is 15.2. The zero-order valence-corrected chi connectivity index (χ0v) is 24.6. The van der Waals surface area contributed by atoms with E-state index >= 15 is 8.78 Å². The molecule has 2 aromatic heterocycles. The van der Waals surface area contributed by atoms with Crippen molar-refractivity contribution in [3.05, 3.63) is 70.5 Å². The van der Waals surface area contributed by atoms with Gasteiger partial charge in [-0.15, -0.1) is 0 Å². The number of pyridine rings is 1. The maximum Gasteiger partial charge on any atom is 0.407 e. The van der Waals surface area contributed by atoms with Gasteiger partial charge >= 0.3 is 6.09 Å². The third-order valence-corrected chi connectivity index (χ3v) is 7.38. The van der Waals surface area contributed by atoms with E-state index in [2.05, 4.69) is 22.1 Å². The topological polar surface area (TPSA) is 120 Å². The van der Waals surface area contributed by atoms with Crippen LogP contribution in [0.5, 0.6) is 17.2 Å². The van der Waals surface area contributed by atoms with Crippen LogP contribution in [0, 0.1) is 23.5 Å². The Labute approximate surface area is 252 Å². The first-order valence-electron chi connectivity index (χ1n) is 13.6. The smallest absolute Gasteiger partial charge is 0.407 e. The van der Waals surface area contributed by atoms with E-state index in [1.54, 1.807) is 25.1 Å². The van der Waals surface area contributed by atoms with Crippen molar-refractivity contribution in [2.24, 2.45) is 0 Å². The number of aromatic nitrogens is 3. The van der Waals surface area contributed by atoms with Crippen LogP contribution >= 0.6 is 0 Å². The molecule has 0 aliphatic carbocycles. The minimum atomic E-state index is -1.03. The number of amides is 1. The lowest BCUT2D eigenvalue weighted by Crippen LogP contribution is -2.27. The van der Waals surface area contributed by atoms with Gasteiger partial charge in [0.2, 0.25) is 0 Å². The number of ether oxygens (including phenoxy) is 4. The van der Waals surface area contributed by atoms with E-state index in [4.69, 9.17) is 24.0 Å². The number of carbonyl (C=O) groups is 1. The molecule has 230 valence electrons. The lowest BCUT2D eigenvalue weighted by atomic mass is 10.1. The molecule has 2 aromatic carbocycles. The predicted octanol–water partition coefficient (Wildman–Crippen LogP) is 4.82. The SMILES string of the molecule is COCc1cnc(NCc2ccc(OC)cc2)c2c(C#Cc3c(F)c(OC)cc(OC)c3F)nn(C3CCN(C(=O)O)C3)c12. The molecule has 3 heterocycles. The number of methoxy groups -OCH3 is 4. The number of nitrogens with one attached hydrogen (secondary N) is 1. The molecule has 0 bridgehead atoms. The zero-order chi connectivity index (χ0) is 31.4. The van der Waals surface area contributed by atoms with Crippen LogP contribution in [-0.2, 0) is 17.9 Å². The third kappa shape index (κ3) is 5.89. The number of benzene rings is 2. The van der Waals surface area contributed by atoms with Crippen LogP contribution in [0.2, 0.25) is 0 Å². The summed E-state index contributed by atoms with van der Waals surface area (Å²) in [5.74, 6) is 4.18. The molecule has 2 N–H and O–H groups in total. The van der Waals surface area contributed by atoms with Crippen molar-refractivity contribution < 1.29 is 37.6 Å². The Morgan fingerprint density at radius 3 is 2.36 bits per heavy atom. The van der Waals surface area contributed by atoms with Gasteiger partial charge in [-0.3, -0.25) is 4.68 Å². The van der Waals surface area contributed by atoms with E-state index in [0.29, 0.717) is 41.8 Å². The van der Waals surface area contributed by atoms with Gasteiger partial charge in [0.15, 0.2) is 23.1 Å². The van der Waals surface area contributed by atoms with Gasteiger partial charge in [-0.1, -0.05) is 18.1 Å². The number of rotatable bonds is 9. The molecule has 0 radical (unpaired) electrons. The van der Waals surface area contributed by atoms with Gasteiger partial charge in [0.1, 0.15) is 22.8 Å². The van der Waals surface area contributed by atoms with E-state index in [1.165, 1.54) is 19.1 Å². The van der Waals surface area contributed by atoms with Crippen LogP contribution < -0.4 is 19.5 Å². The Bertz CT molecular complexity index is 1720. The van der Waals surface area contributed by atoms with Crippen molar-refractivity contribution in [2.75, 3.05) is 46.8 Å². The molecule has 0 saturated carbocycles. The molecule has 1 aliphatic heterocycles. The Hall–Kier alpha value is -5.09. The van der Waals surface area contributed by atoms with Gasteiger partial charge in [-0.2, -0.15) is 5.10 Å². The second kappa shape index (κ2) is 13.0. The second-order valence-corrected chi connectivity index (χ2v) is 9.99. The maximum absolute atomic E-state index is 15.2. The number of carboxylic acid groups (broad SMARTS) is 1. The minimum Gasteiger partial charge on any atom is -0.497 e. The van der Waals surface area contributed by atoms with Crippen molar-refractivity contribution in [2.45, 2.75) is 25.6 Å². The number of fused-ring (bicyclic) bond motifs is 1. The molecule has 1 aliphatic rings. The van der Waals surface area contributed by atoms with E-state index < -0.39 is 23.3 Å². The number of likely N-dealkylation sites (tertiary alicyclic amines) is 1. The highest BCUT2D eigenvalue weighted by atomic mass is 19.1. The molecule has 11 nitrogen and oxygen atoms in total. The molecule has 1 atom stereocenters. The quantitative estimate of drug-likeness (QED) is 0.258. The van der Waals surface area contributed by atoms with Crippen LogP contribution in [0.25, 0.3) is 10.9 Å². The molecule has 1 unspecified atom stereocenters. The Kier molecular flexibility index (Phi) is 9.01. The Morgan fingerprint density at radius 2 is 1.77 bits per heavy atom. The van der Waals surface area contributed by atoms with Crippen LogP contribution in [0.3, 0.4) is 0 Å². The van der Waals surface area contributed by atoms with Crippen molar-refractivity contribution in [3.8, 4) is 29.1 Å². The Balaban J connectivity index is 1.68. The third-order valence-electron chi connectivity index (χ3n) is 7.38. The normalized spacial score (nSPS) is 14.3. The van der Waals surface area contributed by atoms with Crippen molar-refractivity contribution in [3.63, 3.8) is 0 Å². The number of nitrogens with zero attached hydrogens (tertiary/aromatic N) is 4. The summed E-state index contributed by atoms with van der Waals surface area (Å²) in [6.07, 6.45) is 1.14. The summed E-state index contributed by atoms with van der Waals surface area (Å²) >= 11 is 0. The highest BCUT2D eigenvalue weighted by Crippen LogP contribution is 2.35. The molecule has 5 rings (SSSR count). The summed E-state index contributed by atoms with van der Waals surface area (Å²) in [4.78, 5) is 17.6. The summed E-state index contributed by atoms with van der Waals surface area (Å²) in [6, 6.07) is 8.30. The molecule has 1 saturated heterocycles. The number of hydrogen-bond donors (Lipinski definition) is 2. The average molecular weight is 608 g/mol. The van der Waals surface area contributed by atoms with Crippen molar-refractivity contribution in [1.82, 2.24) is 19.7 Å². The van der Waals surface area contributed by atoms with Gasteiger partial charge in [0.25, 0.3) is 0 Å². The lowest BCUT2D eigenvalue weighted by Gasteiger charge is -2.16. The largest absolute Gasteiger partial charge is 0.497 e. The first-order chi connectivity index (χ1) is 21.3. The van der Waals surface area contributed by atoms with Crippen LogP contribution in [0.4, 0.5) is 19.4 Å². The summed E-state index contributed by atoms with van der Waals surface area (Å²) in [5, 5.41) is 18.2. The zero-order valence-electron chi connectivity index (χ0n) is 24.6. The van der Waals surface area contributed by atoms with Gasteiger partial charge in [-0.25, -0.2) is 18.6 Å². The van der Waals surface area contributed by atoms with Gasteiger partial charge in [0, 0.05) is 44.6 Å². The average Bonchev–Trinajstić information content (AvgIpc) is 3.67. The first kappa shape index (κ1) is 30.4. The summed E-state index contributed by atoms with van der Waals surface area (Å²) in [6.45, 7) is 1.11. The number of hydrogen-bond acceptors (Lipinski definition) is 8. The van der Waals surface area contributed by atoms with Crippen LogP contribution in [0.15, 0.2) is 36.5 Å². The summed E-state index contributed by atoms with van der Waals surface area (Å²) in [5.41, 5.74) is 1.91. The number of halogens is 2. The fourth-order valence-electron chi connectivity index (χ4n) is 5.14. The lowest BCUT2D eigenvalue weighted by molar-refractivity contribution is 0.154. The Morgan fingerprint density at radius 1 is 1.07 bits per heavy atom. The van der Waals surface area contributed by atoms with Crippen molar-refractivity contribution in [1.29, 1.82) is 0 Å². The number of anilines is 1. The van der Waals surface area contributed by atoms with Crippen LogP contribution in [-0.4, -0.2) is 72.4 Å². The van der Waals surface area contributed by atoms with Crippen molar-refractivity contribution >= 4 is 22.8 Å². The van der Waals surface area contributed by atoms with Gasteiger partial charge in [0.05, 0.1) is 44.9 Å².